The molecule has 1 fully saturated rings. The standard InChI is InChI=1S/C20H19N3O2S/c24-20-15-12-14(4-3-13(15)7-8-22-20)23-10-9-21-19(23)18-6-5-17(26-18)16-2-1-11-25-16/h3-6,9-10,12,16H,1-2,7-8,11H2,(H,22,24). The normalized spacial score (nSPS) is 19.4. The molecule has 0 bridgehead atoms. The zero-order chi connectivity index (χ0) is 17.5. The monoisotopic (exact) mass is 365 g/mol. The van der Waals surface area contributed by atoms with Gasteiger partial charge in [-0.05, 0) is 49.1 Å². The molecule has 2 aromatic heterocycles. The van der Waals surface area contributed by atoms with Gasteiger partial charge in [0.25, 0.3) is 5.91 Å². The maximum Gasteiger partial charge on any atom is 0.251 e. The summed E-state index contributed by atoms with van der Waals surface area (Å²) in [5, 5.41) is 2.92. The first kappa shape index (κ1) is 15.8. The van der Waals surface area contributed by atoms with Gasteiger partial charge in [0.05, 0.1) is 11.0 Å². The Balaban J connectivity index is 1.52. The molecule has 3 aromatic rings. The van der Waals surface area contributed by atoms with E-state index >= 15 is 0 Å². The minimum Gasteiger partial charge on any atom is -0.373 e. The number of fused-ring (bicyclic) bond motifs is 1. The van der Waals surface area contributed by atoms with Gasteiger partial charge in [0.1, 0.15) is 0 Å². The van der Waals surface area contributed by atoms with E-state index in [4.69, 9.17) is 4.74 Å². The first-order valence-corrected chi connectivity index (χ1v) is 9.78. The zero-order valence-corrected chi connectivity index (χ0v) is 15.1. The van der Waals surface area contributed by atoms with Gasteiger partial charge in [0.15, 0.2) is 5.82 Å². The van der Waals surface area contributed by atoms with Crippen molar-refractivity contribution in [3.63, 3.8) is 0 Å². The highest BCUT2D eigenvalue weighted by Gasteiger charge is 2.22. The molecule has 2 aliphatic rings. The second-order valence-corrected chi connectivity index (χ2v) is 7.79. The summed E-state index contributed by atoms with van der Waals surface area (Å²) < 4.78 is 7.85. The Morgan fingerprint density at radius 2 is 2.23 bits per heavy atom. The number of imidazole rings is 1. The average Bonchev–Trinajstić information content (AvgIpc) is 3.40. The molecule has 0 aliphatic carbocycles. The van der Waals surface area contributed by atoms with Gasteiger partial charge in [-0.2, -0.15) is 0 Å². The molecule has 1 unspecified atom stereocenters. The molecule has 1 saturated heterocycles. The van der Waals surface area contributed by atoms with Crippen LogP contribution in [0.25, 0.3) is 16.4 Å². The number of benzene rings is 1. The number of hydrogen-bond acceptors (Lipinski definition) is 4. The molecule has 4 heterocycles. The number of aromatic nitrogens is 2. The van der Waals surface area contributed by atoms with Crippen LogP contribution in [-0.4, -0.2) is 28.6 Å². The van der Waals surface area contributed by atoms with Crippen molar-refractivity contribution in [1.29, 1.82) is 0 Å². The molecule has 0 saturated carbocycles. The molecule has 0 radical (unpaired) electrons. The first-order chi connectivity index (χ1) is 12.8. The van der Waals surface area contributed by atoms with Gasteiger partial charge < -0.3 is 10.1 Å². The van der Waals surface area contributed by atoms with Crippen molar-refractivity contribution >= 4 is 17.2 Å². The van der Waals surface area contributed by atoms with Crippen LogP contribution < -0.4 is 5.32 Å². The van der Waals surface area contributed by atoms with Crippen molar-refractivity contribution < 1.29 is 9.53 Å². The zero-order valence-electron chi connectivity index (χ0n) is 14.3. The molecule has 1 amide bonds. The van der Waals surface area contributed by atoms with Crippen molar-refractivity contribution in [2.75, 3.05) is 13.2 Å². The maximum absolute atomic E-state index is 12.2. The average molecular weight is 365 g/mol. The Hall–Kier alpha value is -2.44. The Morgan fingerprint density at radius 1 is 1.27 bits per heavy atom. The minimum absolute atomic E-state index is 0.00607. The second kappa shape index (κ2) is 6.37. The van der Waals surface area contributed by atoms with Gasteiger partial charge in [-0.25, -0.2) is 4.98 Å². The third kappa shape index (κ3) is 2.66. The van der Waals surface area contributed by atoms with Gasteiger partial charge in [0, 0.05) is 41.7 Å². The lowest BCUT2D eigenvalue weighted by molar-refractivity contribution is 0.0946. The van der Waals surface area contributed by atoms with E-state index in [-0.39, 0.29) is 12.0 Å². The van der Waals surface area contributed by atoms with Crippen molar-refractivity contribution in [2.45, 2.75) is 25.4 Å². The van der Waals surface area contributed by atoms with Crippen LogP contribution in [0.1, 0.15) is 39.7 Å². The third-order valence-electron chi connectivity index (χ3n) is 5.03. The fraction of sp³-hybridized carbons (Fsp3) is 0.300. The Labute approximate surface area is 155 Å². The van der Waals surface area contributed by atoms with Crippen molar-refractivity contribution in [1.82, 2.24) is 14.9 Å². The van der Waals surface area contributed by atoms with Gasteiger partial charge >= 0.3 is 0 Å². The molecule has 26 heavy (non-hydrogen) atoms. The van der Waals surface area contributed by atoms with E-state index in [9.17, 15) is 4.79 Å². The van der Waals surface area contributed by atoms with E-state index in [0.29, 0.717) is 6.54 Å². The lowest BCUT2D eigenvalue weighted by Gasteiger charge is -2.18. The van der Waals surface area contributed by atoms with Crippen LogP contribution in [0, 0.1) is 0 Å². The summed E-state index contributed by atoms with van der Waals surface area (Å²) in [4.78, 5) is 19.1. The SMILES string of the molecule is O=C1NCCc2ccc(-n3ccnc3-c3ccc(C4CCCO4)s3)cc21. The van der Waals surface area contributed by atoms with Crippen LogP contribution in [0.2, 0.25) is 0 Å². The van der Waals surface area contributed by atoms with Crippen LogP contribution in [0.5, 0.6) is 0 Å². The van der Waals surface area contributed by atoms with Crippen LogP contribution in [0.3, 0.4) is 0 Å². The number of nitrogens with one attached hydrogen (secondary N) is 1. The lowest BCUT2D eigenvalue weighted by Crippen LogP contribution is -2.31. The maximum atomic E-state index is 12.2. The first-order valence-electron chi connectivity index (χ1n) is 8.96. The quantitative estimate of drug-likeness (QED) is 0.769. The van der Waals surface area contributed by atoms with Gasteiger partial charge in [-0.1, -0.05) is 6.07 Å². The third-order valence-corrected chi connectivity index (χ3v) is 6.20. The molecule has 5 nitrogen and oxygen atoms in total. The second-order valence-electron chi connectivity index (χ2n) is 6.67. The van der Waals surface area contributed by atoms with Gasteiger partial charge in [-0.15, -0.1) is 11.3 Å². The summed E-state index contributed by atoms with van der Waals surface area (Å²) in [6.07, 6.45) is 7.08. The number of thiophene rings is 1. The van der Waals surface area contributed by atoms with E-state index in [2.05, 4.69) is 34.6 Å². The van der Waals surface area contributed by atoms with Gasteiger partial charge in [0.2, 0.25) is 0 Å². The molecule has 6 heteroatoms. The minimum atomic E-state index is 0.00607. The van der Waals surface area contributed by atoms with E-state index in [1.165, 1.54) is 4.88 Å². The predicted molar refractivity (Wildman–Crippen MR) is 101 cm³/mol. The highest BCUT2D eigenvalue weighted by Crippen LogP contribution is 2.37. The molecule has 0 spiro atoms. The Morgan fingerprint density at radius 3 is 3.12 bits per heavy atom. The van der Waals surface area contributed by atoms with Crippen molar-refractivity contribution in [2.24, 2.45) is 0 Å². The number of nitrogens with zero attached hydrogens (tertiary/aromatic N) is 2. The number of ether oxygens (including phenoxy) is 1. The number of hydrogen-bond donors (Lipinski definition) is 1. The van der Waals surface area contributed by atoms with Gasteiger partial charge in [-0.3, -0.25) is 9.36 Å². The molecule has 132 valence electrons. The largest absolute Gasteiger partial charge is 0.373 e. The number of amides is 1. The topological polar surface area (TPSA) is 56.2 Å². The van der Waals surface area contributed by atoms with E-state index in [0.717, 1.165) is 53.4 Å². The number of carbonyl (C=O) groups excluding carboxylic acids is 1. The molecule has 1 aromatic carbocycles. The van der Waals surface area contributed by atoms with Crippen LogP contribution in [0.15, 0.2) is 42.7 Å². The molecular weight excluding hydrogens is 346 g/mol. The van der Waals surface area contributed by atoms with Crippen LogP contribution >= 0.6 is 11.3 Å². The molecule has 1 atom stereocenters. The highest BCUT2D eigenvalue weighted by atomic mass is 32.1. The van der Waals surface area contributed by atoms with Crippen molar-refractivity contribution in [3.8, 4) is 16.4 Å². The highest BCUT2D eigenvalue weighted by molar-refractivity contribution is 7.15. The van der Waals surface area contributed by atoms with E-state index in [1.54, 1.807) is 17.5 Å². The number of rotatable bonds is 3. The summed E-state index contributed by atoms with van der Waals surface area (Å²) in [6.45, 7) is 1.56. The fourth-order valence-electron chi connectivity index (χ4n) is 3.69. The van der Waals surface area contributed by atoms with Crippen LogP contribution in [-0.2, 0) is 11.2 Å². The van der Waals surface area contributed by atoms with Crippen LogP contribution in [0.4, 0.5) is 0 Å². The molecular formula is C20H19N3O2S. The summed E-state index contributed by atoms with van der Waals surface area (Å²) in [5.41, 5.74) is 2.83. The van der Waals surface area contributed by atoms with E-state index in [1.807, 2.05) is 16.8 Å². The molecule has 5 rings (SSSR count). The number of carbonyl (C=O) groups is 1. The summed E-state index contributed by atoms with van der Waals surface area (Å²) in [7, 11) is 0. The summed E-state index contributed by atoms with van der Waals surface area (Å²) >= 11 is 1.74. The molecule has 2 aliphatic heterocycles. The Kier molecular flexibility index (Phi) is 3.87. The smallest absolute Gasteiger partial charge is 0.251 e. The Bertz CT molecular complexity index is 969. The van der Waals surface area contributed by atoms with E-state index < -0.39 is 0 Å². The molecule has 1 N–H and O–H groups in total. The fourth-order valence-corrected chi connectivity index (χ4v) is 4.78. The predicted octanol–water partition coefficient (Wildman–Crippen LogP) is 3.74. The van der Waals surface area contributed by atoms with Crippen molar-refractivity contribution in [3.05, 3.63) is 58.7 Å². The summed E-state index contributed by atoms with van der Waals surface area (Å²) in [5.74, 6) is 0.905. The summed E-state index contributed by atoms with van der Waals surface area (Å²) in [6, 6.07) is 10.3. The lowest BCUT2D eigenvalue weighted by atomic mass is 10.00.